The number of benzene rings is 1. The van der Waals surface area contributed by atoms with Crippen LogP contribution in [0.4, 0.5) is 0 Å². The van der Waals surface area contributed by atoms with Gasteiger partial charge in [-0.1, -0.05) is 28.1 Å². The van der Waals surface area contributed by atoms with Crippen LogP contribution < -0.4 is 5.32 Å². The minimum Gasteiger partial charge on any atom is -0.469 e. The summed E-state index contributed by atoms with van der Waals surface area (Å²) in [6.07, 6.45) is 3.38. The van der Waals surface area contributed by atoms with Crippen molar-refractivity contribution in [3.05, 3.63) is 58.0 Å². The zero-order chi connectivity index (χ0) is 17.1. The Balaban J connectivity index is 1.64. The number of furan rings is 1. The molecule has 24 heavy (non-hydrogen) atoms. The smallest absolute Gasteiger partial charge is 0.255 e. The first-order chi connectivity index (χ1) is 11.6. The zero-order valence-corrected chi connectivity index (χ0v) is 15.0. The van der Waals surface area contributed by atoms with Crippen LogP contribution in [0.15, 0.2) is 45.5 Å². The van der Waals surface area contributed by atoms with Gasteiger partial charge in [0.25, 0.3) is 5.91 Å². The second-order valence-corrected chi connectivity index (χ2v) is 6.79. The Hall–Kier alpha value is -2.08. The number of hydrogen-bond acceptors (Lipinski definition) is 3. The molecule has 0 bridgehead atoms. The van der Waals surface area contributed by atoms with Gasteiger partial charge in [0.15, 0.2) is 0 Å². The van der Waals surface area contributed by atoms with E-state index in [0.717, 1.165) is 29.4 Å². The van der Waals surface area contributed by atoms with Crippen LogP contribution in [-0.2, 0) is 4.79 Å². The standard InChI is InChI=1S/C18H19BrN2O3/c1-12-15(7-9-24-12)18(23)20-11-17(22)21-8-3-6-16(21)13-4-2-5-14(19)10-13/h2,4-5,7,9-10,16H,3,6,8,11H2,1H3,(H,20,23). The molecule has 0 aliphatic carbocycles. The summed E-state index contributed by atoms with van der Waals surface area (Å²) in [6, 6.07) is 9.71. The Morgan fingerprint density at radius 2 is 2.21 bits per heavy atom. The monoisotopic (exact) mass is 390 g/mol. The molecule has 2 aromatic rings. The molecule has 5 nitrogen and oxygen atoms in total. The van der Waals surface area contributed by atoms with Crippen LogP contribution >= 0.6 is 15.9 Å². The van der Waals surface area contributed by atoms with Crippen LogP contribution in [0.25, 0.3) is 0 Å². The molecular weight excluding hydrogens is 372 g/mol. The van der Waals surface area contributed by atoms with E-state index in [9.17, 15) is 9.59 Å². The van der Waals surface area contributed by atoms with Gasteiger partial charge in [0.2, 0.25) is 5.91 Å². The maximum atomic E-state index is 12.5. The fourth-order valence-corrected chi connectivity index (χ4v) is 3.52. The van der Waals surface area contributed by atoms with Crippen LogP contribution in [0.5, 0.6) is 0 Å². The Morgan fingerprint density at radius 1 is 1.38 bits per heavy atom. The summed E-state index contributed by atoms with van der Waals surface area (Å²) in [5.41, 5.74) is 1.58. The van der Waals surface area contributed by atoms with Gasteiger partial charge in [0.05, 0.1) is 24.4 Å². The van der Waals surface area contributed by atoms with E-state index in [2.05, 4.69) is 21.2 Å². The molecule has 3 rings (SSSR count). The minimum absolute atomic E-state index is 0.00600. The summed E-state index contributed by atoms with van der Waals surface area (Å²) < 4.78 is 6.12. The van der Waals surface area contributed by atoms with Crippen molar-refractivity contribution in [2.75, 3.05) is 13.1 Å². The highest BCUT2D eigenvalue weighted by Crippen LogP contribution is 2.32. The molecule has 1 aromatic carbocycles. The van der Waals surface area contributed by atoms with Gasteiger partial charge in [-0.25, -0.2) is 0 Å². The van der Waals surface area contributed by atoms with E-state index < -0.39 is 0 Å². The van der Waals surface area contributed by atoms with Crippen molar-refractivity contribution in [1.82, 2.24) is 10.2 Å². The quantitative estimate of drug-likeness (QED) is 0.869. The fraction of sp³-hybridized carbons (Fsp3) is 0.333. The van der Waals surface area contributed by atoms with Gasteiger partial charge in [-0.3, -0.25) is 9.59 Å². The second kappa shape index (κ2) is 7.21. The number of nitrogens with zero attached hydrogens (tertiary/aromatic N) is 1. The van der Waals surface area contributed by atoms with Gasteiger partial charge < -0.3 is 14.6 Å². The molecule has 2 heterocycles. The first-order valence-corrected chi connectivity index (χ1v) is 8.73. The highest BCUT2D eigenvalue weighted by atomic mass is 79.9. The summed E-state index contributed by atoms with van der Waals surface area (Å²) >= 11 is 3.48. The van der Waals surface area contributed by atoms with Gasteiger partial charge in [0.1, 0.15) is 5.76 Å². The Labute approximate surface area is 149 Å². The molecule has 1 unspecified atom stereocenters. The molecule has 2 amide bonds. The molecule has 6 heteroatoms. The number of carbonyl (C=O) groups excluding carboxylic acids is 2. The maximum absolute atomic E-state index is 12.5. The van der Waals surface area contributed by atoms with Gasteiger partial charge in [-0.15, -0.1) is 0 Å². The second-order valence-electron chi connectivity index (χ2n) is 5.87. The third-order valence-corrected chi connectivity index (χ3v) is 4.80. The van der Waals surface area contributed by atoms with Gasteiger partial charge in [-0.05, 0) is 43.5 Å². The summed E-state index contributed by atoms with van der Waals surface area (Å²) in [6.45, 7) is 2.44. The van der Waals surface area contributed by atoms with Crippen molar-refractivity contribution < 1.29 is 14.0 Å². The van der Waals surface area contributed by atoms with Gasteiger partial charge in [-0.2, -0.15) is 0 Å². The molecule has 1 N–H and O–H groups in total. The van der Waals surface area contributed by atoms with Crippen molar-refractivity contribution >= 4 is 27.7 Å². The zero-order valence-electron chi connectivity index (χ0n) is 13.4. The van der Waals surface area contributed by atoms with Crippen molar-refractivity contribution in [3.8, 4) is 0 Å². The lowest BCUT2D eigenvalue weighted by Gasteiger charge is -2.25. The lowest BCUT2D eigenvalue weighted by Crippen LogP contribution is -2.39. The molecule has 126 valence electrons. The molecule has 1 fully saturated rings. The first-order valence-electron chi connectivity index (χ1n) is 7.93. The number of likely N-dealkylation sites (tertiary alicyclic amines) is 1. The summed E-state index contributed by atoms with van der Waals surface area (Å²) in [7, 11) is 0. The van der Waals surface area contributed by atoms with Crippen LogP contribution in [0.2, 0.25) is 0 Å². The number of aryl methyl sites for hydroxylation is 1. The van der Waals surface area contributed by atoms with E-state index in [4.69, 9.17) is 4.42 Å². The topological polar surface area (TPSA) is 62.6 Å². The van der Waals surface area contributed by atoms with Gasteiger partial charge >= 0.3 is 0 Å². The van der Waals surface area contributed by atoms with Crippen LogP contribution in [0.3, 0.4) is 0 Å². The Morgan fingerprint density at radius 3 is 2.92 bits per heavy atom. The van der Waals surface area contributed by atoms with Gasteiger partial charge in [0, 0.05) is 11.0 Å². The van der Waals surface area contributed by atoms with E-state index in [-0.39, 0.29) is 24.4 Å². The van der Waals surface area contributed by atoms with E-state index in [1.54, 1.807) is 13.0 Å². The average molecular weight is 391 g/mol. The summed E-state index contributed by atoms with van der Waals surface area (Å²) in [5.74, 6) is 0.202. The molecule has 0 spiro atoms. The normalized spacial score (nSPS) is 17.1. The van der Waals surface area contributed by atoms with Crippen molar-refractivity contribution in [1.29, 1.82) is 0 Å². The third kappa shape index (κ3) is 3.53. The minimum atomic E-state index is -0.284. The van der Waals surface area contributed by atoms with Crippen molar-refractivity contribution in [2.45, 2.75) is 25.8 Å². The van der Waals surface area contributed by atoms with E-state index in [0.29, 0.717) is 11.3 Å². The Bertz CT molecular complexity index is 756. The molecule has 1 aliphatic heterocycles. The number of amides is 2. The molecule has 0 radical (unpaired) electrons. The lowest BCUT2D eigenvalue weighted by molar-refractivity contribution is -0.131. The molecule has 1 aromatic heterocycles. The predicted octanol–water partition coefficient (Wildman–Crippen LogP) is 3.44. The first kappa shape index (κ1) is 16.8. The Kier molecular flexibility index (Phi) is 5.04. The van der Waals surface area contributed by atoms with Crippen LogP contribution in [0.1, 0.15) is 40.6 Å². The summed E-state index contributed by atoms with van der Waals surface area (Å²) in [5, 5.41) is 2.69. The number of rotatable bonds is 4. The molecule has 1 saturated heterocycles. The predicted molar refractivity (Wildman–Crippen MR) is 93.6 cm³/mol. The molecule has 1 atom stereocenters. The number of halogens is 1. The van der Waals surface area contributed by atoms with Crippen LogP contribution in [0, 0.1) is 6.92 Å². The number of nitrogens with one attached hydrogen (secondary N) is 1. The lowest BCUT2D eigenvalue weighted by atomic mass is 10.0. The van der Waals surface area contributed by atoms with Crippen LogP contribution in [-0.4, -0.2) is 29.8 Å². The highest BCUT2D eigenvalue weighted by molar-refractivity contribution is 9.10. The largest absolute Gasteiger partial charge is 0.469 e. The van der Waals surface area contributed by atoms with E-state index in [1.807, 2.05) is 29.2 Å². The maximum Gasteiger partial charge on any atom is 0.255 e. The van der Waals surface area contributed by atoms with E-state index >= 15 is 0 Å². The average Bonchev–Trinajstić information content (AvgIpc) is 3.21. The SMILES string of the molecule is Cc1occc1C(=O)NCC(=O)N1CCCC1c1cccc(Br)c1. The fourth-order valence-electron chi connectivity index (χ4n) is 3.10. The molecule has 1 aliphatic rings. The number of hydrogen-bond donors (Lipinski definition) is 1. The van der Waals surface area contributed by atoms with Crippen molar-refractivity contribution in [3.63, 3.8) is 0 Å². The molecular formula is C18H19BrN2O3. The number of carbonyl (C=O) groups is 2. The van der Waals surface area contributed by atoms with Crippen molar-refractivity contribution in [2.24, 2.45) is 0 Å². The third-order valence-electron chi connectivity index (χ3n) is 4.31. The van der Waals surface area contributed by atoms with E-state index in [1.165, 1.54) is 6.26 Å². The highest BCUT2D eigenvalue weighted by Gasteiger charge is 2.30. The molecule has 0 saturated carbocycles. The summed E-state index contributed by atoms with van der Waals surface area (Å²) in [4.78, 5) is 26.5.